The average molecular weight is 779 g/mol. The Labute approximate surface area is 293 Å². The van der Waals surface area contributed by atoms with Crippen LogP contribution in [-0.2, 0) is 24.5 Å². The highest BCUT2D eigenvalue weighted by Crippen LogP contribution is 2.58. The fourth-order valence-corrected chi connectivity index (χ4v) is 8.36. The van der Waals surface area contributed by atoms with Crippen LogP contribution < -0.4 is 15.4 Å². The summed E-state index contributed by atoms with van der Waals surface area (Å²) in [5.74, 6) is -0.437. The zero-order chi connectivity index (χ0) is 32.8. The van der Waals surface area contributed by atoms with Crippen LogP contribution >= 0.6 is 45.8 Å². The number of carbonyl (C=O) groups is 3. The topological polar surface area (TPSA) is 97.0 Å². The van der Waals surface area contributed by atoms with Crippen molar-refractivity contribution < 1.29 is 23.9 Å². The SMILES string of the molecule is CC(C)(C)OC(=O)CN1CCC(Oc2ccc(I)cc2[C@@H]2NC(=O)C[C@@H](C3C=CC=C(Cl)C3)[C@]23C(=O)Nc2cc(Cl)ccc23)CC1. The van der Waals surface area contributed by atoms with E-state index in [1.165, 1.54) is 0 Å². The van der Waals surface area contributed by atoms with Gasteiger partial charge in [-0.3, -0.25) is 19.3 Å². The third-order valence-electron chi connectivity index (χ3n) is 9.27. The maximum atomic E-state index is 14.5. The molecule has 6 rings (SSSR count). The third-order valence-corrected chi connectivity index (χ3v) is 10.5. The number of esters is 1. The normalized spacial score (nSPS) is 26.7. The van der Waals surface area contributed by atoms with E-state index in [4.69, 9.17) is 32.7 Å². The van der Waals surface area contributed by atoms with E-state index >= 15 is 0 Å². The lowest BCUT2D eigenvalue weighted by atomic mass is 9.57. The largest absolute Gasteiger partial charge is 0.490 e. The summed E-state index contributed by atoms with van der Waals surface area (Å²) in [6, 6.07) is 10.7. The first-order valence-corrected chi connectivity index (χ1v) is 17.5. The summed E-state index contributed by atoms with van der Waals surface area (Å²) < 4.78 is 13.2. The molecule has 4 aliphatic rings. The Balaban J connectivity index is 1.34. The van der Waals surface area contributed by atoms with Gasteiger partial charge in [-0.2, -0.15) is 0 Å². The van der Waals surface area contributed by atoms with Gasteiger partial charge in [0.15, 0.2) is 0 Å². The lowest BCUT2D eigenvalue weighted by molar-refractivity contribution is -0.156. The summed E-state index contributed by atoms with van der Waals surface area (Å²) in [5.41, 5.74) is 0.535. The minimum absolute atomic E-state index is 0.103. The summed E-state index contributed by atoms with van der Waals surface area (Å²) in [5, 5.41) is 7.56. The zero-order valence-corrected chi connectivity index (χ0v) is 29.7. The molecule has 2 fully saturated rings. The molecule has 3 aliphatic heterocycles. The molecular weight excluding hydrogens is 740 g/mol. The molecule has 1 aliphatic carbocycles. The van der Waals surface area contributed by atoms with Crippen LogP contribution in [0.2, 0.25) is 5.02 Å². The number of ether oxygens (including phenoxy) is 2. The van der Waals surface area contributed by atoms with E-state index in [0.717, 1.165) is 27.5 Å². The molecule has 2 saturated heterocycles. The molecule has 2 N–H and O–H groups in total. The number of nitrogens with zero attached hydrogens (tertiary/aromatic N) is 1. The van der Waals surface area contributed by atoms with Crippen molar-refractivity contribution in [1.29, 1.82) is 0 Å². The van der Waals surface area contributed by atoms with Crippen molar-refractivity contribution in [1.82, 2.24) is 10.2 Å². The van der Waals surface area contributed by atoms with Crippen molar-refractivity contribution in [2.24, 2.45) is 11.8 Å². The van der Waals surface area contributed by atoms with Gasteiger partial charge in [0, 0.05) is 44.4 Å². The second kappa shape index (κ2) is 13.1. The predicted molar refractivity (Wildman–Crippen MR) is 187 cm³/mol. The Hall–Kier alpha value is -2.60. The van der Waals surface area contributed by atoms with Crippen molar-refractivity contribution >= 4 is 69.3 Å². The molecule has 1 spiro atoms. The van der Waals surface area contributed by atoms with Crippen LogP contribution in [0.3, 0.4) is 0 Å². The number of hydrogen-bond acceptors (Lipinski definition) is 6. The van der Waals surface area contributed by atoms with Gasteiger partial charge in [0.1, 0.15) is 22.9 Å². The fourth-order valence-electron chi connectivity index (χ4n) is 7.42. The lowest BCUT2D eigenvalue weighted by Crippen LogP contribution is -2.59. The Kier molecular flexibility index (Phi) is 9.51. The maximum absolute atomic E-state index is 14.5. The summed E-state index contributed by atoms with van der Waals surface area (Å²) in [6.07, 6.45) is 7.88. The number of fused-ring (bicyclic) bond motifs is 2. The molecule has 2 amide bonds. The molecule has 2 aromatic rings. The number of benzene rings is 2. The van der Waals surface area contributed by atoms with E-state index in [0.29, 0.717) is 41.0 Å². The van der Waals surface area contributed by atoms with Crippen molar-refractivity contribution in [3.63, 3.8) is 0 Å². The van der Waals surface area contributed by atoms with Gasteiger partial charge >= 0.3 is 5.97 Å². The number of likely N-dealkylation sites (tertiary alicyclic amines) is 1. The Morgan fingerprint density at radius 2 is 1.85 bits per heavy atom. The summed E-state index contributed by atoms with van der Waals surface area (Å²) in [6.45, 7) is 7.22. The number of anilines is 1. The zero-order valence-electron chi connectivity index (χ0n) is 26.1. The summed E-state index contributed by atoms with van der Waals surface area (Å²) in [4.78, 5) is 42.5. The molecule has 2 aromatic carbocycles. The van der Waals surface area contributed by atoms with Crippen LogP contribution in [0.15, 0.2) is 59.7 Å². The maximum Gasteiger partial charge on any atom is 0.320 e. The number of amides is 2. The number of allylic oxidation sites excluding steroid dienone is 4. The standard InChI is InChI=1S/C35H38Cl2IN3O5/c1-34(2,3)46-31(43)19-41-13-11-24(12-14-41)45-29-10-8-23(38)17-25(29)32-35(26-9-7-22(37)16-28(26)39-33(35)44)27(18-30(42)40-32)20-5-4-6-21(36)15-20/h4-10,16-17,20,24,27,32H,11-15,18-19H2,1-3H3,(H,39,44)(H,40,42)/t20?,27-,32-,35-/m0/s1. The van der Waals surface area contributed by atoms with Gasteiger partial charge in [-0.05, 0) is 116 Å². The van der Waals surface area contributed by atoms with Gasteiger partial charge in [0.2, 0.25) is 11.8 Å². The molecule has 11 heteroatoms. The van der Waals surface area contributed by atoms with Crippen molar-refractivity contribution in [2.75, 3.05) is 25.0 Å². The molecule has 8 nitrogen and oxygen atoms in total. The third kappa shape index (κ3) is 6.70. The first-order valence-electron chi connectivity index (χ1n) is 15.7. The highest BCUT2D eigenvalue weighted by Gasteiger charge is 2.62. The van der Waals surface area contributed by atoms with Gasteiger partial charge in [-0.1, -0.05) is 41.4 Å². The van der Waals surface area contributed by atoms with E-state index in [1.807, 2.05) is 57.2 Å². The van der Waals surface area contributed by atoms with E-state index in [-0.39, 0.29) is 48.7 Å². The van der Waals surface area contributed by atoms with Gasteiger partial charge in [0.05, 0.1) is 12.6 Å². The molecular formula is C35H38Cl2IN3O5. The monoisotopic (exact) mass is 777 g/mol. The molecule has 0 saturated carbocycles. The van der Waals surface area contributed by atoms with Gasteiger partial charge in [0.25, 0.3) is 0 Å². The van der Waals surface area contributed by atoms with E-state index in [2.05, 4.69) is 44.2 Å². The second-order valence-electron chi connectivity index (χ2n) is 13.6. The van der Waals surface area contributed by atoms with E-state index < -0.39 is 17.1 Å². The molecule has 0 bridgehead atoms. The number of piperidine rings is 2. The Morgan fingerprint density at radius 1 is 1.09 bits per heavy atom. The molecule has 4 atom stereocenters. The number of halogens is 3. The minimum Gasteiger partial charge on any atom is -0.490 e. The molecule has 0 radical (unpaired) electrons. The Bertz CT molecular complexity index is 1610. The molecule has 46 heavy (non-hydrogen) atoms. The van der Waals surface area contributed by atoms with Crippen LogP contribution in [0.25, 0.3) is 0 Å². The summed E-state index contributed by atoms with van der Waals surface area (Å²) in [7, 11) is 0. The average Bonchev–Trinajstić information content (AvgIpc) is 3.25. The number of carbonyl (C=O) groups excluding carboxylic acids is 3. The highest BCUT2D eigenvalue weighted by atomic mass is 127. The molecule has 244 valence electrons. The predicted octanol–water partition coefficient (Wildman–Crippen LogP) is 6.90. The number of nitrogens with one attached hydrogen (secondary N) is 2. The second-order valence-corrected chi connectivity index (χ2v) is 15.7. The Morgan fingerprint density at radius 3 is 2.57 bits per heavy atom. The first-order chi connectivity index (χ1) is 21.8. The minimum atomic E-state index is -1.14. The highest BCUT2D eigenvalue weighted by molar-refractivity contribution is 14.1. The quantitative estimate of drug-likeness (QED) is 0.245. The first kappa shape index (κ1) is 33.3. The smallest absolute Gasteiger partial charge is 0.320 e. The van der Waals surface area contributed by atoms with Crippen LogP contribution in [0.5, 0.6) is 5.75 Å². The van der Waals surface area contributed by atoms with Gasteiger partial charge in [-0.15, -0.1) is 0 Å². The molecule has 0 aromatic heterocycles. The van der Waals surface area contributed by atoms with Crippen LogP contribution in [0.4, 0.5) is 5.69 Å². The molecule has 1 unspecified atom stereocenters. The number of hydrogen-bond donors (Lipinski definition) is 2. The number of rotatable bonds is 6. The van der Waals surface area contributed by atoms with Crippen LogP contribution in [0.1, 0.15) is 63.6 Å². The summed E-state index contributed by atoms with van der Waals surface area (Å²) >= 11 is 15.2. The van der Waals surface area contributed by atoms with Gasteiger partial charge < -0.3 is 20.1 Å². The molecule has 3 heterocycles. The van der Waals surface area contributed by atoms with E-state index in [1.54, 1.807) is 12.1 Å². The fraction of sp³-hybridized carbons (Fsp3) is 0.457. The van der Waals surface area contributed by atoms with Gasteiger partial charge in [-0.25, -0.2) is 0 Å². The van der Waals surface area contributed by atoms with Crippen molar-refractivity contribution in [3.05, 3.63) is 79.4 Å². The van der Waals surface area contributed by atoms with Crippen molar-refractivity contribution in [3.8, 4) is 5.75 Å². The van der Waals surface area contributed by atoms with E-state index in [9.17, 15) is 14.4 Å². The van der Waals surface area contributed by atoms with Crippen LogP contribution in [-0.4, -0.2) is 54.0 Å². The van der Waals surface area contributed by atoms with Crippen LogP contribution in [0, 0.1) is 15.4 Å². The lowest BCUT2D eigenvalue weighted by Gasteiger charge is -2.49. The van der Waals surface area contributed by atoms with Crippen molar-refractivity contribution in [2.45, 2.75) is 69.6 Å².